The minimum atomic E-state index is -0.434. The molecule has 0 saturated carbocycles. The van der Waals surface area contributed by atoms with Crippen LogP contribution in [0.25, 0.3) is 0 Å². The number of amidine groups is 1. The fraction of sp³-hybridized carbons (Fsp3) is 0.333. The van der Waals surface area contributed by atoms with Crippen molar-refractivity contribution in [1.29, 1.82) is 0 Å². The van der Waals surface area contributed by atoms with Crippen LogP contribution in [0.5, 0.6) is 0 Å². The van der Waals surface area contributed by atoms with E-state index in [1.54, 1.807) is 6.92 Å². The number of benzene rings is 1. The molecule has 1 heterocycles. The van der Waals surface area contributed by atoms with Gasteiger partial charge in [0, 0.05) is 17.8 Å². The van der Waals surface area contributed by atoms with Crippen molar-refractivity contribution in [2.24, 2.45) is 4.99 Å². The monoisotopic (exact) mass is 233 g/mol. The molecule has 0 spiro atoms. The number of anilines is 1. The van der Waals surface area contributed by atoms with Gasteiger partial charge in [-0.05, 0) is 31.2 Å². The second kappa shape index (κ2) is 5.34. The van der Waals surface area contributed by atoms with Gasteiger partial charge in [0.25, 0.3) is 0 Å². The average molecular weight is 233 g/mol. The predicted octanol–water partition coefficient (Wildman–Crippen LogP) is 1.60. The first-order chi connectivity index (χ1) is 8.29. The van der Waals surface area contributed by atoms with E-state index in [0.717, 1.165) is 24.5 Å². The molecule has 0 bridgehead atoms. The molecule has 1 amide bonds. The third-order valence-electron chi connectivity index (χ3n) is 2.35. The Kier molecular flexibility index (Phi) is 3.59. The third kappa shape index (κ3) is 2.96. The molecule has 1 aliphatic rings. The van der Waals surface area contributed by atoms with Gasteiger partial charge >= 0.3 is 6.09 Å². The highest BCUT2D eigenvalue weighted by Crippen LogP contribution is 2.11. The molecular formula is C12H15N3O2. The Hall–Kier alpha value is -2.04. The van der Waals surface area contributed by atoms with E-state index in [0.29, 0.717) is 12.3 Å². The van der Waals surface area contributed by atoms with Gasteiger partial charge in [-0.25, -0.2) is 4.79 Å². The number of hydrogen-bond donors (Lipinski definition) is 2. The van der Waals surface area contributed by atoms with Crippen LogP contribution in [0.3, 0.4) is 0 Å². The fourth-order valence-corrected chi connectivity index (χ4v) is 1.59. The summed E-state index contributed by atoms with van der Waals surface area (Å²) in [5.74, 6) is 0.910. The fourth-order valence-electron chi connectivity index (χ4n) is 1.59. The Morgan fingerprint density at radius 2 is 2.24 bits per heavy atom. The molecule has 0 unspecified atom stereocenters. The van der Waals surface area contributed by atoms with E-state index in [1.165, 1.54) is 0 Å². The highest BCUT2D eigenvalue weighted by atomic mass is 16.5. The van der Waals surface area contributed by atoms with Crippen molar-refractivity contribution in [3.05, 3.63) is 29.8 Å². The van der Waals surface area contributed by atoms with Crippen molar-refractivity contribution in [3.8, 4) is 0 Å². The molecule has 5 heteroatoms. The van der Waals surface area contributed by atoms with Gasteiger partial charge in [0.1, 0.15) is 5.84 Å². The molecule has 2 rings (SSSR count). The van der Waals surface area contributed by atoms with Gasteiger partial charge in [0.2, 0.25) is 0 Å². The van der Waals surface area contributed by atoms with Crippen molar-refractivity contribution in [2.45, 2.75) is 6.92 Å². The van der Waals surface area contributed by atoms with Crippen LogP contribution in [0, 0.1) is 0 Å². The molecular weight excluding hydrogens is 218 g/mol. The Balaban J connectivity index is 2.00. The molecule has 1 aliphatic heterocycles. The molecule has 0 saturated heterocycles. The SMILES string of the molecule is CCOC(=O)Nc1ccc(C2=NCCN2)cc1. The third-order valence-corrected chi connectivity index (χ3v) is 2.35. The van der Waals surface area contributed by atoms with E-state index >= 15 is 0 Å². The van der Waals surface area contributed by atoms with Crippen LogP contribution in [0.15, 0.2) is 29.3 Å². The van der Waals surface area contributed by atoms with Gasteiger partial charge in [0.05, 0.1) is 13.2 Å². The maximum absolute atomic E-state index is 11.2. The van der Waals surface area contributed by atoms with Gasteiger partial charge in [0.15, 0.2) is 0 Å². The van der Waals surface area contributed by atoms with Crippen LogP contribution in [0.1, 0.15) is 12.5 Å². The Morgan fingerprint density at radius 1 is 1.47 bits per heavy atom. The molecule has 90 valence electrons. The quantitative estimate of drug-likeness (QED) is 0.833. The predicted molar refractivity (Wildman–Crippen MR) is 66.5 cm³/mol. The zero-order valence-electron chi connectivity index (χ0n) is 9.69. The first-order valence-electron chi connectivity index (χ1n) is 5.62. The standard InChI is InChI=1S/C12H15N3O2/c1-2-17-12(16)15-10-5-3-9(4-6-10)11-13-7-8-14-11/h3-6H,2,7-8H2,1H3,(H,13,14)(H,15,16). The number of nitrogens with zero attached hydrogens (tertiary/aromatic N) is 1. The summed E-state index contributed by atoms with van der Waals surface area (Å²) < 4.78 is 4.79. The lowest BCUT2D eigenvalue weighted by Crippen LogP contribution is -2.19. The first-order valence-corrected chi connectivity index (χ1v) is 5.62. The second-order valence-corrected chi connectivity index (χ2v) is 3.58. The topological polar surface area (TPSA) is 62.7 Å². The summed E-state index contributed by atoms with van der Waals surface area (Å²) in [5, 5.41) is 5.83. The molecule has 1 aromatic carbocycles. The summed E-state index contributed by atoms with van der Waals surface area (Å²) in [5.41, 5.74) is 1.74. The largest absolute Gasteiger partial charge is 0.450 e. The van der Waals surface area contributed by atoms with E-state index in [1.807, 2.05) is 24.3 Å². The van der Waals surface area contributed by atoms with Crippen molar-refractivity contribution in [3.63, 3.8) is 0 Å². The van der Waals surface area contributed by atoms with Crippen molar-refractivity contribution in [2.75, 3.05) is 25.0 Å². The number of amides is 1. The summed E-state index contributed by atoms with van der Waals surface area (Å²) in [6.07, 6.45) is -0.434. The first kappa shape index (κ1) is 11.4. The maximum Gasteiger partial charge on any atom is 0.411 e. The van der Waals surface area contributed by atoms with E-state index in [2.05, 4.69) is 15.6 Å². The molecule has 0 aliphatic carbocycles. The lowest BCUT2D eigenvalue weighted by atomic mass is 10.2. The van der Waals surface area contributed by atoms with E-state index in [-0.39, 0.29) is 0 Å². The Labute approximate surface area is 99.9 Å². The van der Waals surface area contributed by atoms with Gasteiger partial charge in [-0.2, -0.15) is 0 Å². The normalized spacial score (nSPS) is 13.8. The Morgan fingerprint density at radius 3 is 2.82 bits per heavy atom. The minimum absolute atomic E-state index is 0.366. The molecule has 0 aromatic heterocycles. The van der Waals surface area contributed by atoms with Crippen LogP contribution in [0.2, 0.25) is 0 Å². The van der Waals surface area contributed by atoms with Gasteiger partial charge in [-0.3, -0.25) is 10.3 Å². The lowest BCUT2D eigenvalue weighted by molar-refractivity contribution is 0.168. The van der Waals surface area contributed by atoms with Crippen molar-refractivity contribution < 1.29 is 9.53 Å². The van der Waals surface area contributed by atoms with Crippen molar-refractivity contribution in [1.82, 2.24) is 5.32 Å². The number of aliphatic imine (C=N–C) groups is 1. The van der Waals surface area contributed by atoms with E-state index < -0.39 is 6.09 Å². The molecule has 1 aromatic rings. The molecule has 5 nitrogen and oxygen atoms in total. The lowest BCUT2D eigenvalue weighted by Gasteiger charge is -2.06. The van der Waals surface area contributed by atoms with E-state index in [9.17, 15) is 4.79 Å². The summed E-state index contributed by atoms with van der Waals surface area (Å²) >= 11 is 0. The Bertz CT molecular complexity index is 426. The summed E-state index contributed by atoms with van der Waals surface area (Å²) in [4.78, 5) is 15.5. The van der Waals surface area contributed by atoms with Gasteiger partial charge in [-0.15, -0.1) is 0 Å². The maximum atomic E-state index is 11.2. The van der Waals surface area contributed by atoms with Crippen LogP contribution < -0.4 is 10.6 Å². The summed E-state index contributed by atoms with van der Waals surface area (Å²) in [6.45, 7) is 3.84. The van der Waals surface area contributed by atoms with E-state index in [4.69, 9.17) is 4.74 Å². The number of nitrogens with one attached hydrogen (secondary N) is 2. The molecule has 2 N–H and O–H groups in total. The van der Waals surface area contributed by atoms with Gasteiger partial charge < -0.3 is 10.1 Å². The average Bonchev–Trinajstić information content (AvgIpc) is 2.84. The highest BCUT2D eigenvalue weighted by Gasteiger charge is 2.08. The number of rotatable bonds is 3. The number of carbonyl (C=O) groups excluding carboxylic acids is 1. The van der Waals surface area contributed by atoms with Crippen LogP contribution in [-0.2, 0) is 4.74 Å². The molecule has 17 heavy (non-hydrogen) atoms. The minimum Gasteiger partial charge on any atom is -0.450 e. The van der Waals surface area contributed by atoms with Crippen molar-refractivity contribution >= 4 is 17.6 Å². The number of hydrogen-bond acceptors (Lipinski definition) is 4. The number of carbonyl (C=O) groups is 1. The zero-order valence-corrected chi connectivity index (χ0v) is 9.69. The number of ether oxygens (including phenoxy) is 1. The molecule has 0 radical (unpaired) electrons. The zero-order chi connectivity index (χ0) is 12.1. The van der Waals surface area contributed by atoms with Crippen LogP contribution in [0.4, 0.5) is 10.5 Å². The molecule has 0 fully saturated rings. The highest BCUT2D eigenvalue weighted by molar-refractivity contribution is 6.00. The van der Waals surface area contributed by atoms with Crippen LogP contribution >= 0.6 is 0 Å². The summed E-state index contributed by atoms with van der Waals surface area (Å²) in [6, 6.07) is 7.49. The second-order valence-electron chi connectivity index (χ2n) is 3.58. The smallest absolute Gasteiger partial charge is 0.411 e. The van der Waals surface area contributed by atoms with Crippen LogP contribution in [-0.4, -0.2) is 31.6 Å². The molecule has 0 atom stereocenters. The summed E-state index contributed by atoms with van der Waals surface area (Å²) in [7, 11) is 0. The van der Waals surface area contributed by atoms with Gasteiger partial charge in [-0.1, -0.05) is 0 Å².